The lowest BCUT2D eigenvalue weighted by atomic mass is 10.1. The molecule has 0 bridgehead atoms. The zero-order valence-electron chi connectivity index (χ0n) is 10.8. The molecule has 0 spiro atoms. The summed E-state index contributed by atoms with van der Waals surface area (Å²) in [5.41, 5.74) is 9.81. The summed E-state index contributed by atoms with van der Waals surface area (Å²) in [7, 11) is 0. The molecule has 0 aliphatic carbocycles. The van der Waals surface area contributed by atoms with E-state index in [0.29, 0.717) is 0 Å². The number of nitrogen functional groups attached to an aromatic ring is 1. The predicted octanol–water partition coefficient (Wildman–Crippen LogP) is 4.49. The van der Waals surface area contributed by atoms with Crippen LogP contribution in [0.3, 0.4) is 0 Å². The molecule has 94 valence electrons. The fourth-order valence-corrected chi connectivity index (χ4v) is 2.10. The summed E-state index contributed by atoms with van der Waals surface area (Å²) in [6.45, 7) is 2.08. The van der Waals surface area contributed by atoms with E-state index in [1.54, 1.807) is 0 Å². The third-order valence-corrected chi connectivity index (χ3v) is 3.11. The van der Waals surface area contributed by atoms with E-state index in [2.05, 4.69) is 19.1 Å². The van der Waals surface area contributed by atoms with Gasteiger partial charge in [-0.25, -0.2) is 0 Å². The Bertz CT molecular complexity index is 753. The van der Waals surface area contributed by atoms with Crippen molar-refractivity contribution in [2.45, 2.75) is 6.92 Å². The molecule has 0 amide bonds. The van der Waals surface area contributed by atoms with Gasteiger partial charge < -0.3 is 10.2 Å². The highest BCUT2D eigenvalue weighted by molar-refractivity contribution is 5.83. The van der Waals surface area contributed by atoms with Gasteiger partial charge in [0, 0.05) is 11.1 Å². The van der Waals surface area contributed by atoms with Crippen molar-refractivity contribution < 1.29 is 4.42 Å². The lowest BCUT2D eigenvalue weighted by molar-refractivity contribution is 0.604. The number of benzene rings is 2. The van der Waals surface area contributed by atoms with Crippen LogP contribution in [-0.4, -0.2) is 0 Å². The van der Waals surface area contributed by atoms with Crippen molar-refractivity contribution in [2.75, 3.05) is 5.73 Å². The first-order valence-electron chi connectivity index (χ1n) is 6.25. The summed E-state index contributed by atoms with van der Waals surface area (Å²) in [4.78, 5) is 0. The van der Waals surface area contributed by atoms with Crippen LogP contribution in [0.2, 0.25) is 0 Å². The summed E-state index contributed by atoms with van der Waals surface area (Å²) >= 11 is 0. The van der Waals surface area contributed by atoms with Crippen LogP contribution in [0.1, 0.15) is 16.9 Å². The Morgan fingerprint density at radius 2 is 1.84 bits per heavy atom. The first-order chi connectivity index (χ1) is 9.22. The minimum Gasteiger partial charge on any atom is -0.457 e. The summed E-state index contributed by atoms with van der Waals surface area (Å²) in [5, 5.41) is 1.13. The van der Waals surface area contributed by atoms with Crippen molar-refractivity contribution in [3.8, 4) is 0 Å². The minimum absolute atomic E-state index is 0.769. The lowest BCUT2D eigenvalue weighted by Gasteiger charge is -1.97. The van der Waals surface area contributed by atoms with Gasteiger partial charge in [0.25, 0.3) is 0 Å². The van der Waals surface area contributed by atoms with Gasteiger partial charge in [-0.05, 0) is 48.9 Å². The van der Waals surface area contributed by atoms with Gasteiger partial charge in [-0.15, -0.1) is 0 Å². The van der Waals surface area contributed by atoms with Crippen LogP contribution in [0.25, 0.3) is 23.1 Å². The highest BCUT2D eigenvalue weighted by Gasteiger charge is 2.01. The maximum Gasteiger partial charge on any atom is 0.134 e. The van der Waals surface area contributed by atoms with Crippen molar-refractivity contribution in [3.05, 3.63) is 65.4 Å². The molecule has 0 fully saturated rings. The van der Waals surface area contributed by atoms with Gasteiger partial charge in [-0.1, -0.05) is 29.8 Å². The van der Waals surface area contributed by atoms with Crippen molar-refractivity contribution in [3.63, 3.8) is 0 Å². The maximum absolute atomic E-state index is 5.90. The van der Waals surface area contributed by atoms with Crippen LogP contribution in [-0.2, 0) is 0 Å². The fourth-order valence-electron chi connectivity index (χ4n) is 2.10. The Morgan fingerprint density at radius 1 is 1.00 bits per heavy atom. The van der Waals surface area contributed by atoms with Gasteiger partial charge in [0.05, 0.1) is 0 Å². The van der Waals surface area contributed by atoms with Crippen LogP contribution >= 0.6 is 0 Å². The number of anilines is 1. The number of rotatable bonds is 2. The van der Waals surface area contributed by atoms with Crippen LogP contribution < -0.4 is 5.73 Å². The Labute approximate surface area is 112 Å². The normalized spacial score (nSPS) is 11.4. The van der Waals surface area contributed by atoms with Crippen molar-refractivity contribution in [2.24, 2.45) is 0 Å². The molecule has 0 saturated heterocycles. The molecule has 3 rings (SSSR count). The molecule has 2 heteroatoms. The highest BCUT2D eigenvalue weighted by atomic mass is 16.3. The standard InChI is InChI=1S/C17H15NO/c1-12-6-9-17-14(10-12)11-15(19-17)8-7-13-4-2-3-5-16(13)18/h2-11H,18H2,1H3/b8-7+. The van der Waals surface area contributed by atoms with Crippen molar-refractivity contribution in [1.29, 1.82) is 0 Å². The van der Waals surface area contributed by atoms with E-state index in [1.165, 1.54) is 5.56 Å². The maximum atomic E-state index is 5.90. The number of hydrogen-bond donors (Lipinski definition) is 1. The number of fused-ring (bicyclic) bond motifs is 1. The second-order valence-electron chi connectivity index (χ2n) is 4.65. The molecular formula is C17H15NO. The largest absolute Gasteiger partial charge is 0.457 e. The Morgan fingerprint density at radius 3 is 2.68 bits per heavy atom. The van der Waals surface area contributed by atoms with Gasteiger partial charge >= 0.3 is 0 Å². The number of nitrogens with two attached hydrogens (primary N) is 1. The van der Waals surface area contributed by atoms with E-state index in [4.69, 9.17) is 10.2 Å². The molecule has 1 heterocycles. The predicted molar refractivity (Wildman–Crippen MR) is 80.7 cm³/mol. The first kappa shape index (κ1) is 11.6. The van der Waals surface area contributed by atoms with E-state index < -0.39 is 0 Å². The van der Waals surface area contributed by atoms with Gasteiger partial charge in [-0.2, -0.15) is 0 Å². The summed E-state index contributed by atoms with van der Waals surface area (Å²) in [5.74, 6) is 0.837. The monoisotopic (exact) mass is 249 g/mol. The van der Waals surface area contributed by atoms with Crippen LogP contribution in [0.5, 0.6) is 0 Å². The molecule has 0 unspecified atom stereocenters. The quantitative estimate of drug-likeness (QED) is 0.679. The molecule has 2 N–H and O–H groups in total. The molecule has 0 aliphatic rings. The van der Waals surface area contributed by atoms with Crippen LogP contribution in [0.15, 0.2) is 52.9 Å². The molecule has 0 aliphatic heterocycles. The van der Waals surface area contributed by atoms with Gasteiger partial charge in [0.1, 0.15) is 11.3 Å². The Balaban J connectivity index is 1.95. The van der Waals surface area contributed by atoms with Gasteiger partial charge in [-0.3, -0.25) is 0 Å². The zero-order chi connectivity index (χ0) is 13.2. The molecular weight excluding hydrogens is 234 g/mol. The average Bonchev–Trinajstić information content (AvgIpc) is 2.79. The summed E-state index contributed by atoms with van der Waals surface area (Å²) in [6.07, 6.45) is 3.92. The topological polar surface area (TPSA) is 39.2 Å². The summed E-state index contributed by atoms with van der Waals surface area (Å²) in [6, 6.07) is 16.0. The van der Waals surface area contributed by atoms with Crippen LogP contribution in [0.4, 0.5) is 5.69 Å². The zero-order valence-corrected chi connectivity index (χ0v) is 10.8. The molecule has 0 radical (unpaired) electrons. The molecule has 1 aromatic heterocycles. The molecule has 19 heavy (non-hydrogen) atoms. The third kappa shape index (κ3) is 2.38. The Kier molecular flexibility index (Phi) is 2.84. The average molecular weight is 249 g/mol. The Hall–Kier alpha value is -2.48. The fraction of sp³-hybridized carbons (Fsp3) is 0.0588. The third-order valence-electron chi connectivity index (χ3n) is 3.11. The van der Waals surface area contributed by atoms with Gasteiger partial charge in [0.2, 0.25) is 0 Å². The SMILES string of the molecule is Cc1ccc2oc(/C=C/c3ccccc3N)cc2c1. The van der Waals surface area contributed by atoms with E-state index in [9.17, 15) is 0 Å². The number of furan rings is 1. The molecule has 2 aromatic carbocycles. The van der Waals surface area contributed by atoms with Gasteiger partial charge in [0.15, 0.2) is 0 Å². The van der Waals surface area contributed by atoms with E-state index in [1.807, 2.05) is 48.6 Å². The summed E-state index contributed by atoms with van der Waals surface area (Å²) < 4.78 is 5.76. The molecule has 0 saturated carbocycles. The molecule has 0 atom stereocenters. The van der Waals surface area contributed by atoms with E-state index in [0.717, 1.165) is 28.0 Å². The van der Waals surface area contributed by atoms with E-state index >= 15 is 0 Å². The number of para-hydroxylation sites is 1. The first-order valence-corrected chi connectivity index (χ1v) is 6.25. The van der Waals surface area contributed by atoms with Crippen molar-refractivity contribution >= 4 is 28.8 Å². The highest BCUT2D eigenvalue weighted by Crippen LogP contribution is 2.22. The molecule has 2 nitrogen and oxygen atoms in total. The number of aryl methyl sites for hydroxylation is 1. The van der Waals surface area contributed by atoms with Crippen LogP contribution in [0, 0.1) is 6.92 Å². The molecule has 3 aromatic rings. The minimum atomic E-state index is 0.769. The second-order valence-corrected chi connectivity index (χ2v) is 4.65. The van der Waals surface area contributed by atoms with E-state index in [-0.39, 0.29) is 0 Å². The number of hydrogen-bond acceptors (Lipinski definition) is 2. The smallest absolute Gasteiger partial charge is 0.134 e. The lowest BCUT2D eigenvalue weighted by Crippen LogP contribution is -1.86. The second kappa shape index (κ2) is 4.65. The van der Waals surface area contributed by atoms with Crippen molar-refractivity contribution in [1.82, 2.24) is 0 Å².